The third kappa shape index (κ3) is 3.52. The molecule has 0 unspecified atom stereocenters. The van der Waals surface area contributed by atoms with Gasteiger partial charge in [0, 0.05) is 6.54 Å². The molecule has 2 rings (SSSR count). The molecule has 0 bridgehead atoms. The van der Waals surface area contributed by atoms with Crippen molar-refractivity contribution in [2.75, 3.05) is 7.05 Å². The van der Waals surface area contributed by atoms with Gasteiger partial charge in [-0.1, -0.05) is 42.4 Å². The van der Waals surface area contributed by atoms with Crippen LogP contribution in [0.2, 0.25) is 0 Å². The van der Waals surface area contributed by atoms with Crippen molar-refractivity contribution in [3.05, 3.63) is 34.3 Å². The number of ether oxygens (including phenoxy) is 1. The summed E-state index contributed by atoms with van der Waals surface area (Å²) in [4.78, 5) is 0. The molecule has 4 nitrogen and oxygen atoms in total. The molecule has 1 aromatic heterocycles. The second-order valence-corrected chi connectivity index (χ2v) is 5.81. The van der Waals surface area contributed by atoms with Gasteiger partial charge in [-0.25, -0.2) is 0 Å². The number of nitrogens with one attached hydrogen (secondary N) is 1. The Morgan fingerprint density at radius 1 is 1.32 bits per heavy atom. The van der Waals surface area contributed by atoms with Crippen molar-refractivity contribution < 1.29 is 4.74 Å². The summed E-state index contributed by atoms with van der Waals surface area (Å²) in [6.45, 7) is 7.09. The number of hydrogen-bond donors (Lipinski definition) is 1. The van der Waals surface area contributed by atoms with Crippen molar-refractivity contribution in [1.29, 1.82) is 0 Å². The molecular weight excluding hydrogens is 258 g/mol. The highest BCUT2D eigenvalue weighted by molar-refractivity contribution is 7.13. The summed E-state index contributed by atoms with van der Waals surface area (Å²) in [5, 5.41) is 12.7. The maximum Gasteiger partial charge on any atom is 0.299 e. The molecule has 0 amide bonds. The van der Waals surface area contributed by atoms with Gasteiger partial charge in [-0.2, -0.15) is 0 Å². The second kappa shape index (κ2) is 6.12. The maximum absolute atomic E-state index is 5.90. The zero-order chi connectivity index (χ0) is 13.8. The highest BCUT2D eigenvalue weighted by Crippen LogP contribution is 2.32. The molecule has 1 N–H and O–H groups in total. The molecule has 1 aromatic carbocycles. The van der Waals surface area contributed by atoms with E-state index in [2.05, 4.69) is 54.5 Å². The van der Waals surface area contributed by atoms with E-state index in [9.17, 15) is 0 Å². The summed E-state index contributed by atoms with van der Waals surface area (Å²) in [6.07, 6.45) is 0. The molecular formula is C14H19N3OS. The number of aromatic nitrogens is 2. The van der Waals surface area contributed by atoms with Gasteiger partial charge in [-0.15, -0.1) is 5.10 Å². The minimum atomic E-state index is 0.417. The number of nitrogens with zero attached hydrogens (tertiary/aromatic N) is 2. The summed E-state index contributed by atoms with van der Waals surface area (Å²) in [6, 6.07) is 6.27. The largest absolute Gasteiger partial charge is 0.429 e. The van der Waals surface area contributed by atoms with E-state index >= 15 is 0 Å². The van der Waals surface area contributed by atoms with Gasteiger partial charge in [0.25, 0.3) is 5.19 Å². The van der Waals surface area contributed by atoms with Crippen molar-refractivity contribution in [1.82, 2.24) is 15.5 Å². The molecule has 0 fully saturated rings. The molecule has 0 saturated heterocycles. The first-order valence-electron chi connectivity index (χ1n) is 6.35. The lowest BCUT2D eigenvalue weighted by atomic mass is 10.0. The van der Waals surface area contributed by atoms with Gasteiger partial charge in [0.15, 0.2) is 0 Å². The van der Waals surface area contributed by atoms with Gasteiger partial charge in [0.05, 0.1) is 0 Å². The van der Waals surface area contributed by atoms with Crippen LogP contribution >= 0.6 is 11.3 Å². The van der Waals surface area contributed by atoms with E-state index < -0.39 is 0 Å². The molecule has 0 aliphatic heterocycles. The first-order valence-corrected chi connectivity index (χ1v) is 7.17. The summed E-state index contributed by atoms with van der Waals surface area (Å²) in [5.41, 5.74) is 2.37. The Kier molecular flexibility index (Phi) is 4.50. The first-order chi connectivity index (χ1) is 9.10. The van der Waals surface area contributed by atoms with Crippen LogP contribution in [0.4, 0.5) is 0 Å². The lowest BCUT2D eigenvalue weighted by Crippen LogP contribution is -2.04. The van der Waals surface area contributed by atoms with E-state index in [0.717, 1.165) is 10.8 Å². The van der Waals surface area contributed by atoms with Crippen LogP contribution in [-0.2, 0) is 6.54 Å². The average Bonchev–Trinajstić information content (AvgIpc) is 2.77. The minimum absolute atomic E-state index is 0.417. The Morgan fingerprint density at radius 2 is 2.11 bits per heavy atom. The fourth-order valence-corrected chi connectivity index (χ4v) is 2.52. The normalized spacial score (nSPS) is 11.0. The molecule has 19 heavy (non-hydrogen) atoms. The minimum Gasteiger partial charge on any atom is -0.429 e. The predicted octanol–water partition coefficient (Wildman–Crippen LogP) is 3.48. The van der Waals surface area contributed by atoms with Crippen molar-refractivity contribution >= 4 is 11.3 Å². The van der Waals surface area contributed by atoms with Crippen LogP contribution in [0.25, 0.3) is 0 Å². The van der Waals surface area contributed by atoms with Gasteiger partial charge < -0.3 is 10.1 Å². The van der Waals surface area contributed by atoms with Crippen molar-refractivity contribution in [3.8, 4) is 10.9 Å². The summed E-state index contributed by atoms with van der Waals surface area (Å²) in [7, 11) is 1.89. The summed E-state index contributed by atoms with van der Waals surface area (Å²) < 4.78 is 5.90. The molecule has 1 heterocycles. The van der Waals surface area contributed by atoms with Crippen molar-refractivity contribution in [3.63, 3.8) is 0 Å². The molecule has 0 atom stereocenters. The third-order valence-electron chi connectivity index (χ3n) is 2.76. The van der Waals surface area contributed by atoms with Crippen LogP contribution in [-0.4, -0.2) is 17.2 Å². The highest BCUT2D eigenvalue weighted by atomic mass is 32.1. The van der Waals surface area contributed by atoms with Gasteiger partial charge in [0.1, 0.15) is 10.8 Å². The Balaban J connectivity index is 2.23. The van der Waals surface area contributed by atoms with Crippen LogP contribution in [0, 0.1) is 6.92 Å². The number of rotatable bonds is 5. The van der Waals surface area contributed by atoms with Crippen LogP contribution in [0.3, 0.4) is 0 Å². The maximum atomic E-state index is 5.90. The summed E-state index contributed by atoms with van der Waals surface area (Å²) in [5.74, 6) is 1.29. The lowest BCUT2D eigenvalue weighted by molar-refractivity contribution is 0.463. The van der Waals surface area contributed by atoms with Gasteiger partial charge in [-0.05, 0) is 37.1 Å². The topological polar surface area (TPSA) is 47.0 Å². The molecule has 102 valence electrons. The molecule has 5 heteroatoms. The zero-order valence-corrected chi connectivity index (χ0v) is 12.5. The zero-order valence-electron chi connectivity index (χ0n) is 11.7. The quantitative estimate of drug-likeness (QED) is 0.909. The Labute approximate surface area is 117 Å². The Hall–Kier alpha value is -1.46. The highest BCUT2D eigenvalue weighted by Gasteiger charge is 2.12. The second-order valence-electron chi connectivity index (χ2n) is 4.79. The predicted molar refractivity (Wildman–Crippen MR) is 78.0 cm³/mol. The number of hydrogen-bond acceptors (Lipinski definition) is 5. The Bertz CT molecular complexity index is 551. The van der Waals surface area contributed by atoms with E-state index in [1.54, 1.807) is 0 Å². The standard InChI is InChI=1S/C14H19N3OS/c1-9(2)11-6-5-10(3)7-12(11)18-14-17-16-13(19-14)8-15-4/h5-7,9,15H,8H2,1-4H3. The molecule has 0 radical (unpaired) electrons. The van der Waals surface area contributed by atoms with Crippen LogP contribution in [0.1, 0.15) is 35.9 Å². The van der Waals surface area contributed by atoms with Crippen molar-refractivity contribution in [2.45, 2.75) is 33.2 Å². The van der Waals surface area contributed by atoms with Crippen LogP contribution in [0.5, 0.6) is 10.9 Å². The first kappa shape index (κ1) is 14.0. The number of aryl methyl sites for hydroxylation is 1. The van der Waals surface area contributed by atoms with Gasteiger partial charge in [-0.3, -0.25) is 0 Å². The summed E-state index contributed by atoms with van der Waals surface area (Å²) >= 11 is 1.47. The lowest BCUT2D eigenvalue weighted by Gasteiger charge is -2.12. The molecule has 0 aliphatic rings. The fraction of sp³-hybridized carbons (Fsp3) is 0.429. The van der Waals surface area contributed by atoms with E-state index in [4.69, 9.17) is 4.74 Å². The average molecular weight is 277 g/mol. The molecule has 0 aliphatic carbocycles. The van der Waals surface area contributed by atoms with E-state index in [1.165, 1.54) is 22.5 Å². The molecule has 2 aromatic rings. The van der Waals surface area contributed by atoms with Crippen LogP contribution < -0.4 is 10.1 Å². The molecule has 0 saturated carbocycles. The SMILES string of the molecule is CNCc1nnc(Oc2cc(C)ccc2C(C)C)s1. The van der Waals surface area contributed by atoms with Crippen molar-refractivity contribution in [2.24, 2.45) is 0 Å². The van der Waals surface area contributed by atoms with E-state index in [1.807, 2.05) is 7.05 Å². The van der Waals surface area contributed by atoms with Crippen LogP contribution in [0.15, 0.2) is 18.2 Å². The van der Waals surface area contributed by atoms with Gasteiger partial charge in [0.2, 0.25) is 0 Å². The monoisotopic (exact) mass is 277 g/mol. The third-order valence-corrected chi connectivity index (χ3v) is 3.57. The Morgan fingerprint density at radius 3 is 2.79 bits per heavy atom. The smallest absolute Gasteiger partial charge is 0.299 e. The van der Waals surface area contributed by atoms with Gasteiger partial charge >= 0.3 is 0 Å². The van der Waals surface area contributed by atoms with E-state index in [0.29, 0.717) is 17.7 Å². The van der Waals surface area contributed by atoms with E-state index in [-0.39, 0.29) is 0 Å². The molecule has 0 spiro atoms. The fourth-order valence-electron chi connectivity index (χ4n) is 1.80. The number of benzene rings is 1.